The van der Waals surface area contributed by atoms with Crippen LogP contribution in [0.25, 0.3) is 0 Å². The van der Waals surface area contributed by atoms with Gasteiger partial charge in [-0.05, 0) is 19.8 Å². The number of nitrogens with one attached hydrogen (secondary N) is 3. The highest BCUT2D eigenvalue weighted by atomic mass is 16.4. The predicted molar refractivity (Wildman–Crippen MR) is 76.7 cm³/mol. The van der Waals surface area contributed by atoms with E-state index >= 15 is 0 Å². The van der Waals surface area contributed by atoms with Crippen molar-refractivity contribution in [1.82, 2.24) is 25.8 Å². The van der Waals surface area contributed by atoms with E-state index in [1.165, 1.54) is 6.33 Å². The van der Waals surface area contributed by atoms with Gasteiger partial charge in [-0.25, -0.2) is 9.78 Å². The Balaban J connectivity index is 2.08. The van der Waals surface area contributed by atoms with Gasteiger partial charge in [0.25, 0.3) is 0 Å². The van der Waals surface area contributed by atoms with Crippen LogP contribution in [0.2, 0.25) is 0 Å². The molecule has 2 atom stereocenters. The Labute approximate surface area is 123 Å². The van der Waals surface area contributed by atoms with Gasteiger partial charge in [-0.15, -0.1) is 0 Å². The normalized spacial score (nSPS) is 13.4. The molecule has 1 rings (SSSR count). The summed E-state index contributed by atoms with van der Waals surface area (Å²) in [6.45, 7) is 4.07. The number of amides is 2. The molecular formula is C13H23N5O3. The second kappa shape index (κ2) is 8.93. The molecule has 4 N–H and O–H groups in total. The Morgan fingerprint density at radius 2 is 2.14 bits per heavy atom. The maximum atomic E-state index is 11.6. The zero-order chi connectivity index (χ0) is 15.7. The highest BCUT2D eigenvalue weighted by Crippen LogP contribution is 2.09. The Hall–Kier alpha value is -2.12. The zero-order valence-electron chi connectivity index (χ0n) is 12.4. The molecular weight excluding hydrogens is 274 g/mol. The van der Waals surface area contributed by atoms with E-state index in [4.69, 9.17) is 5.11 Å². The van der Waals surface area contributed by atoms with Crippen LogP contribution >= 0.6 is 0 Å². The lowest BCUT2D eigenvalue weighted by Gasteiger charge is -2.15. The SMILES string of the molecule is CC(CCCC(C)C(=O)O)NC(=O)NCCc1ncn[nH]1. The smallest absolute Gasteiger partial charge is 0.315 e. The first-order valence-corrected chi connectivity index (χ1v) is 7.10. The third-order valence-corrected chi connectivity index (χ3v) is 3.19. The van der Waals surface area contributed by atoms with Crippen LogP contribution in [0.4, 0.5) is 4.79 Å². The standard InChI is InChI=1S/C13H23N5O3/c1-9(12(19)20)4-3-5-10(2)17-13(21)14-7-6-11-15-8-16-18-11/h8-10H,3-7H2,1-2H3,(H,19,20)(H2,14,17,21)(H,15,16,18). The number of aliphatic carboxylic acids is 1. The summed E-state index contributed by atoms with van der Waals surface area (Å²) >= 11 is 0. The lowest BCUT2D eigenvalue weighted by molar-refractivity contribution is -0.141. The summed E-state index contributed by atoms with van der Waals surface area (Å²) in [6, 6.07) is -0.218. The fourth-order valence-corrected chi connectivity index (χ4v) is 1.85. The van der Waals surface area contributed by atoms with Crippen molar-refractivity contribution >= 4 is 12.0 Å². The van der Waals surface area contributed by atoms with Gasteiger partial charge in [0.2, 0.25) is 0 Å². The van der Waals surface area contributed by atoms with E-state index in [0.29, 0.717) is 19.4 Å². The molecule has 1 aromatic heterocycles. The summed E-state index contributed by atoms with van der Waals surface area (Å²) in [5.41, 5.74) is 0. The second-order valence-electron chi connectivity index (χ2n) is 5.15. The van der Waals surface area contributed by atoms with Crippen molar-refractivity contribution in [2.45, 2.75) is 45.6 Å². The molecule has 0 spiro atoms. The Kier molecular flexibility index (Phi) is 7.20. The third-order valence-electron chi connectivity index (χ3n) is 3.19. The fraction of sp³-hybridized carbons (Fsp3) is 0.692. The molecule has 0 bridgehead atoms. The maximum absolute atomic E-state index is 11.6. The highest BCUT2D eigenvalue weighted by molar-refractivity contribution is 5.74. The van der Waals surface area contributed by atoms with E-state index in [2.05, 4.69) is 25.8 Å². The van der Waals surface area contributed by atoms with Gasteiger partial charge in [0.05, 0.1) is 5.92 Å². The van der Waals surface area contributed by atoms with Gasteiger partial charge in [0, 0.05) is 19.0 Å². The van der Waals surface area contributed by atoms with Gasteiger partial charge >= 0.3 is 12.0 Å². The largest absolute Gasteiger partial charge is 0.481 e. The van der Waals surface area contributed by atoms with Crippen LogP contribution in [-0.2, 0) is 11.2 Å². The summed E-state index contributed by atoms with van der Waals surface area (Å²) in [5.74, 6) is -0.389. The topological polar surface area (TPSA) is 120 Å². The number of nitrogens with zero attached hydrogens (tertiary/aromatic N) is 2. The van der Waals surface area contributed by atoms with Crippen molar-refractivity contribution in [3.8, 4) is 0 Å². The number of carboxylic acid groups (broad SMARTS) is 1. The molecule has 0 aromatic carbocycles. The molecule has 0 aliphatic carbocycles. The van der Waals surface area contributed by atoms with Crippen LogP contribution in [0.5, 0.6) is 0 Å². The molecule has 0 radical (unpaired) electrons. The Morgan fingerprint density at radius 1 is 1.38 bits per heavy atom. The summed E-state index contributed by atoms with van der Waals surface area (Å²) in [4.78, 5) is 26.3. The van der Waals surface area contributed by atoms with Gasteiger partial charge < -0.3 is 15.7 Å². The van der Waals surface area contributed by atoms with E-state index in [-0.39, 0.29) is 18.0 Å². The van der Waals surface area contributed by atoms with Crippen LogP contribution in [-0.4, -0.2) is 44.9 Å². The molecule has 1 aromatic rings. The zero-order valence-corrected chi connectivity index (χ0v) is 12.4. The van der Waals surface area contributed by atoms with Crippen LogP contribution in [0, 0.1) is 5.92 Å². The number of carboxylic acids is 1. The quantitative estimate of drug-likeness (QED) is 0.540. The van der Waals surface area contributed by atoms with Gasteiger partial charge in [0.15, 0.2) is 0 Å². The molecule has 0 fully saturated rings. The maximum Gasteiger partial charge on any atom is 0.315 e. The van der Waals surface area contributed by atoms with Crippen LogP contribution in [0.15, 0.2) is 6.33 Å². The average molecular weight is 297 g/mol. The van der Waals surface area contributed by atoms with Crippen molar-refractivity contribution < 1.29 is 14.7 Å². The van der Waals surface area contributed by atoms with E-state index in [0.717, 1.165) is 18.7 Å². The van der Waals surface area contributed by atoms with Crippen molar-refractivity contribution in [2.75, 3.05) is 6.54 Å². The summed E-state index contributed by atoms with van der Waals surface area (Å²) in [5, 5.41) is 20.8. The molecule has 0 saturated heterocycles. The molecule has 8 nitrogen and oxygen atoms in total. The lowest BCUT2D eigenvalue weighted by Crippen LogP contribution is -2.41. The first-order valence-electron chi connectivity index (χ1n) is 7.10. The molecule has 2 amide bonds. The number of urea groups is 1. The lowest BCUT2D eigenvalue weighted by atomic mass is 10.0. The van der Waals surface area contributed by atoms with Gasteiger partial charge in [0.1, 0.15) is 12.2 Å². The minimum absolute atomic E-state index is 0.0104. The van der Waals surface area contributed by atoms with E-state index in [9.17, 15) is 9.59 Å². The summed E-state index contributed by atoms with van der Waals surface area (Å²) in [6.07, 6.45) is 4.17. The van der Waals surface area contributed by atoms with E-state index in [1.807, 2.05) is 6.92 Å². The average Bonchev–Trinajstić information content (AvgIpc) is 2.91. The number of aromatic amines is 1. The number of rotatable bonds is 9. The molecule has 118 valence electrons. The molecule has 0 aliphatic heterocycles. The minimum Gasteiger partial charge on any atom is -0.481 e. The molecule has 21 heavy (non-hydrogen) atoms. The van der Waals surface area contributed by atoms with Crippen molar-refractivity contribution in [3.63, 3.8) is 0 Å². The fourth-order valence-electron chi connectivity index (χ4n) is 1.85. The van der Waals surface area contributed by atoms with Gasteiger partial charge in [-0.3, -0.25) is 9.89 Å². The number of aromatic nitrogens is 3. The Morgan fingerprint density at radius 3 is 2.76 bits per heavy atom. The summed E-state index contributed by atoms with van der Waals surface area (Å²) in [7, 11) is 0. The second-order valence-corrected chi connectivity index (χ2v) is 5.15. The first kappa shape index (κ1) is 16.9. The van der Waals surface area contributed by atoms with Crippen molar-refractivity contribution in [2.24, 2.45) is 5.92 Å². The molecule has 2 unspecified atom stereocenters. The van der Waals surface area contributed by atoms with E-state index in [1.54, 1.807) is 6.92 Å². The predicted octanol–water partition coefficient (Wildman–Crippen LogP) is 0.926. The van der Waals surface area contributed by atoms with Crippen molar-refractivity contribution in [3.05, 3.63) is 12.2 Å². The Bertz CT molecular complexity index is 435. The number of hydrogen-bond acceptors (Lipinski definition) is 4. The van der Waals surface area contributed by atoms with Gasteiger partial charge in [-0.2, -0.15) is 5.10 Å². The number of carbonyl (C=O) groups excluding carboxylic acids is 1. The van der Waals surface area contributed by atoms with Crippen LogP contribution in [0.3, 0.4) is 0 Å². The van der Waals surface area contributed by atoms with Crippen LogP contribution < -0.4 is 10.6 Å². The number of hydrogen-bond donors (Lipinski definition) is 4. The highest BCUT2D eigenvalue weighted by Gasteiger charge is 2.12. The molecule has 0 aliphatic rings. The molecule has 1 heterocycles. The molecule has 0 saturated carbocycles. The number of carbonyl (C=O) groups is 2. The molecule has 8 heteroatoms. The monoisotopic (exact) mass is 297 g/mol. The third kappa shape index (κ3) is 7.28. The number of H-pyrrole nitrogens is 1. The van der Waals surface area contributed by atoms with Gasteiger partial charge in [-0.1, -0.05) is 13.3 Å². The minimum atomic E-state index is -0.777. The van der Waals surface area contributed by atoms with Crippen molar-refractivity contribution in [1.29, 1.82) is 0 Å². The van der Waals surface area contributed by atoms with E-state index < -0.39 is 5.97 Å². The van der Waals surface area contributed by atoms with Crippen LogP contribution in [0.1, 0.15) is 38.9 Å². The summed E-state index contributed by atoms with van der Waals surface area (Å²) < 4.78 is 0. The first-order chi connectivity index (χ1) is 9.99.